The number of anilines is 1. The van der Waals surface area contributed by atoms with Gasteiger partial charge in [0.25, 0.3) is 0 Å². The minimum Gasteiger partial charge on any atom is -0.497 e. The molecule has 3 heteroatoms. The molecule has 3 nitrogen and oxygen atoms in total. The first-order chi connectivity index (χ1) is 23.5. The molecule has 1 atom stereocenters. The summed E-state index contributed by atoms with van der Waals surface area (Å²) in [6, 6.07) is 35.7. The van der Waals surface area contributed by atoms with Gasteiger partial charge in [0.1, 0.15) is 11.5 Å². The number of fused-ring (bicyclic) bond motifs is 12. The van der Waals surface area contributed by atoms with Gasteiger partial charge >= 0.3 is 0 Å². The fraction of sp³-hybridized carbons (Fsp3) is 0.333. The van der Waals surface area contributed by atoms with Crippen LogP contribution in [0.5, 0.6) is 11.5 Å². The third-order valence-electron chi connectivity index (χ3n) is 12.2. The van der Waals surface area contributed by atoms with E-state index in [1.165, 1.54) is 90.3 Å². The molecule has 1 unspecified atom stereocenters. The van der Waals surface area contributed by atoms with Crippen LogP contribution in [0.4, 0.5) is 5.69 Å². The first-order valence-electron chi connectivity index (χ1n) is 18.0. The van der Waals surface area contributed by atoms with E-state index in [4.69, 9.17) is 9.47 Å². The zero-order valence-corrected chi connectivity index (χ0v) is 28.5. The number of rotatable bonds is 4. The molecule has 1 spiro atoms. The summed E-state index contributed by atoms with van der Waals surface area (Å²) < 4.78 is 13.5. The highest BCUT2D eigenvalue weighted by molar-refractivity contribution is 6.09. The van der Waals surface area contributed by atoms with E-state index in [0.717, 1.165) is 39.8 Å². The lowest BCUT2D eigenvalue weighted by molar-refractivity contribution is 0.161. The van der Waals surface area contributed by atoms with Crippen molar-refractivity contribution in [2.24, 2.45) is 11.8 Å². The zero-order valence-electron chi connectivity index (χ0n) is 28.5. The highest BCUT2D eigenvalue weighted by Crippen LogP contribution is 2.63. The Balaban J connectivity index is 1.35. The summed E-state index contributed by atoms with van der Waals surface area (Å²) in [7, 11) is 5.94. The molecule has 2 bridgehead atoms. The molecule has 48 heavy (non-hydrogen) atoms. The first-order valence-corrected chi connectivity index (χ1v) is 18.0. The molecule has 3 fully saturated rings. The Bertz CT molecular complexity index is 2020. The molecule has 0 saturated heterocycles. The molecule has 1 heterocycles. The topological polar surface area (TPSA) is 21.7 Å². The van der Waals surface area contributed by atoms with Crippen molar-refractivity contribution in [3.8, 4) is 22.6 Å². The number of hydrogen-bond donors (Lipinski definition) is 0. The van der Waals surface area contributed by atoms with E-state index in [9.17, 15) is 0 Å². The lowest BCUT2D eigenvalue weighted by atomic mass is 9.60. The Morgan fingerprint density at radius 1 is 0.729 bits per heavy atom. The van der Waals surface area contributed by atoms with Crippen molar-refractivity contribution in [2.75, 3.05) is 26.1 Å². The van der Waals surface area contributed by atoms with Gasteiger partial charge in [-0.2, -0.15) is 0 Å². The van der Waals surface area contributed by atoms with E-state index >= 15 is 0 Å². The third-order valence-corrected chi connectivity index (χ3v) is 12.2. The number of hydrogen-bond acceptors (Lipinski definition) is 3. The van der Waals surface area contributed by atoms with Gasteiger partial charge in [0.2, 0.25) is 0 Å². The molecule has 0 radical (unpaired) electrons. The van der Waals surface area contributed by atoms with Crippen LogP contribution in [0.3, 0.4) is 0 Å². The fourth-order valence-electron chi connectivity index (χ4n) is 10.0. The molecule has 10 rings (SSSR count). The molecule has 3 saturated carbocycles. The van der Waals surface area contributed by atoms with E-state index < -0.39 is 5.60 Å². The first kappa shape index (κ1) is 29.6. The molecule has 0 N–H and O–H groups in total. The van der Waals surface area contributed by atoms with Gasteiger partial charge in [-0.3, -0.25) is 0 Å². The van der Waals surface area contributed by atoms with Crippen LogP contribution in [-0.4, -0.2) is 21.2 Å². The predicted molar refractivity (Wildman–Crippen MR) is 198 cm³/mol. The Morgan fingerprint density at radius 2 is 1.40 bits per heavy atom. The van der Waals surface area contributed by atoms with Gasteiger partial charge in [-0.15, -0.1) is 0 Å². The Hall–Kier alpha value is -4.50. The summed E-state index contributed by atoms with van der Waals surface area (Å²) in [6.07, 6.45) is 15.4. The summed E-state index contributed by atoms with van der Waals surface area (Å²) in [6.45, 7) is 0. The maximum Gasteiger partial charge on any atom is 0.178 e. The summed E-state index contributed by atoms with van der Waals surface area (Å²) in [5.74, 6) is 3.33. The molecule has 5 aromatic carbocycles. The smallest absolute Gasteiger partial charge is 0.178 e. The van der Waals surface area contributed by atoms with Crippen molar-refractivity contribution in [3.63, 3.8) is 0 Å². The van der Waals surface area contributed by atoms with Crippen molar-refractivity contribution in [1.29, 1.82) is 0 Å². The summed E-state index contributed by atoms with van der Waals surface area (Å²) in [5, 5.41) is 2.39. The maximum absolute atomic E-state index is 7.66. The fourth-order valence-corrected chi connectivity index (χ4v) is 10.0. The van der Waals surface area contributed by atoms with Crippen LogP contribution in [0, 0.1) is 11.8 Å². The van der Waals surface area contributed by atoms with Crippen molar-refractivity contribution in [2.45, 2.75) is 62.4 Å². The van der Waals surface area contributed by atoms with Crippen LogP contribution < -0.4 is 14.4 Å². The molecule has 0 aromatic heterocycles. The molecule has 4 aliphatic carbocycles. The minimum absolute atomic E-state index is 0.0197. The molecule has 5 aliphatic rings. The average molecular weight is 632 g/mol. The van der Waals surface area contributed by atoms with Crippen molar-refractivity contribution < 1.29 is 9.47 Å². The van der Waals surface area contributed by atoms with Crippen LogP contribution in [0.2, 0.25) is 0 Å². The van der Waals surface area contributed by atoms with Gasteiger partial charge in [-0.25, -0.2) is 0 Å². The SMILES string of the molecule is COc1ccc2c3c(c4c(c2c1)OC(c1ccccc1)(c1ccc(N(C)C)cc1)C=C4)C1(CC2CCCC(CCC2)C1)c1ccccc1-3. The monoisotopic (exact) mass is 631 g/mol. The van der Waals surface area contributed by atoms with Crippen LogP contribution in [0.25, 0.3) is 28.0 Å². The Morgan fingerprint density at radius 3 is 2.08 bits per heavy atom. The number of ether oxygens (including phenoxy) is 2. The maximum atomic E-state index is 7.66. The van der Waals surface area contributed by atoms with Gasteiger partial charge in [-0.05, 0) is 88.7 Å². The lowest BCUT2D eigenvalue weighted by Crippen LogP contribution is -2.37. The molecule has 0 amide bonds. The highest BCUT2D eigenvalue weighted by atomic mass is 16.5. The van der Waals surface area contributed by atoms with Crippen molar-refractivity contribution in [3.05, 3.63) is 131 Å². The minimum atomic E-state index is -0.778. The molecule has 5 aromatic rings. The molecule has 242 valence electrons. The van der Waals surface area contributed by atoms with Gasteiger partial charge in [0.15, 0.2) is 5.60 Å². The predicted octanol–water partition coefficient (Wildman–Crippen LogP) is 10.9. The van der Waals surface area contributed by atoms with Gasteiger partial charge in [-0.1, -0.05) is 111 Å². The number of benzene rings is 5. The average Bonchev–Trinajstić information content (AvgIpc) is 3.39. The summed E-state index contributed by atoms with van der Waals surface area (Å²) in [4.78, 5) is 2.15. The second-order valence-electron chi connectivity index (χ2n) is 15.0. The molecular formula is C45H45NO2. The zero-order chi connectivity index (χ0) is 32.5. The number of nitrogens with zero attached hydrogens (tertiary/aromatic N) is 1. The van der Waals surface area contributed by atoms with Crippen LogP contribution in [-0.2, 0) is 11.0 Å². The number of methoxy groups -OCH3 is 1. The van der Waals surface area contributed by atoms with E-state index in [2.05, 4.69) is 128 Å². The quantitative estimate of drug-likeness (QED) is 0.197. The summed E-state index contributed by atoms with van der Waals surface area (Å²) >= 11 is 0. The van der Waals surface area contributed by atoms with E-state index in [0.29, 0.717) is 0 Å². The van der Waals surface area contributed by atoms with E-state index in [1.807, 2.05) is 0 Å². The molecular weight excluding hydrogens is 587 g/mol. The standard InChI is InChI=1S/C45H45NO2/c1-46(2)34-21-19-33(20-22-34)45(32-15-5-4-6-16-32)26-25-38-42-41(36-24-23-35(47-3)27-39(36)43(38)48-45)37-17-7-8-18-40(37)44(42)28-30-11-9-12-31(29-44)14-10-13-30/h4-8,15-27,30-31H,9-14,28-29H2,1-3H3. The van der Waals surface area contributed by atoms with Crippen LogP contribution >= 0.6 is 0 Å². The van der Waals surface area contributed by atoms with Gasteiger partial charge < -0.3 is 14.4 Å². The van der Waals surface area contributed by atoms with E-state index in [-0.39, 0.29) is 5.41 Å². The Labute approximate surface area is 285 Å². The second-order valence-corrected chi connectivity index (χ2v) is 15.0. The highest BCUT2D eigenvalue weighted by Gasteiger charge is 2.51. The second kappa shape index (κ2) is 11.3. The largest absolute Gasteiger partial charge is 0.497 e. The van der Waals surface area contributed by atoms with Gasteiger partial charge in [0.05, 0.1) is 7.11 Å². The van der Waals surface area contributed by atoms with Gasteiger partial charge in [0, 0.05) is 47.3 Å². The van der Waals surface area contributed by atoms with Crippen LogP contribution in [0.15, 0.2) is 103 Å². The molecule has 1 aliphatic heterocycles. The van der Waals surface area contributed by atoms with Crippen molar-refractivity contribution >= 4 is 22.5 Å². The normalized spacial score (nSPS) is 25.4. The summed E-state index contributed by atoms with van der Waals surface area (Å²) in [5.41, 5.74) is 9.76. The van der Waals surface area contributed by atoms with Crippen LogP contribution in [0.1, 0.15) is 79.2 Å². The van der Waals surface area contributed by atoms with E-state index in [1.54, 1.807) is 7.11 Å². The Kier molecular flexibility index (Phi) is 6.97. The third kappa shape index (κ3) is 4.39. The lowest BCUT2D eigenvalue weighted by Gasteiger charge is -2.44. The van der Waals surface area contributed by atoms with Crippen molar-refractivity contribution in [1.82, 2.24) is 0 Å².